The van der Waals surface area contributed by atoms with Gasteiger partial charge in [-0.1, -0.05) is 40.2 Å². The number of carbonyl (C=O) groups is 1. The summed E-state index contributed by atoms with van der Waals surface area (Å²) in [5, 5.41) is 6.02. The van der Waals surface area contributed by atoms with Crippen LogP contribution in [0.15, 0.2) is 59.2 Å². The predicted octanol–water partition coefficient (Wildman–Crippen LogP) is 4.72. The number of carbonyl (C=O) groups excluding carboxylic acids is 1. The van der Waals surface area contributed by atoms with Crippen LogP contribution in [-0.2, 0) is 12.7 Å². The van der Waals surface area contributed by atoms with Gasteiger partial charge >= 0.3 is 6.18 Å². The zero-order valence-corrected chi connectivity index (χ0v) is 15.2. The number of rotatable bonds is 4. The van der Waals surface area contributed by atoms with E-state index in [-0.39, 0.29) is 6.54 Å². The summed E-state index contributed by atoms with van der Waals surface area (Å²) in [5.41, 5.74) is -1.70. The number of alkyl halides is 3. The van der Waals surface area contributed by atoms with Gasteiger partial charge in [-0.15, -0.1) is 0 Å². The molecule has 0 aliphatic carbocycles. The van der Waals surface area contributed by atoms with E-state index in [2.05, 4.69) is 26.3 Å². The van der Waals surface area contributed by atoms with Crippen molar-refractivity contribution in [1.29, 1.82) is 0 Å². The Morgan fingerprint density at radius 1 is 1.15 bits per heavy atom. The average Bonchev–Trinajstić information content (AvgIpc) is 3.05. The van der Waals surface area contributed by atoms with Crippen molar-refractivity contribution in [2.75, 3.05) is 0 Å². The molecule has 1 aromatic heterocycles. The summed E-state index contributed by atoms with van der Waals surface area (Å²) in [4.78, 5) is 12.3. The van der Waals surface area contributed by atoms with Crippen LogP contribution < -0.4 is 5.32 Å². The number of benzene rings is 2. The highest BCUT2D eigenvalue weighted by atomic mass is 79.9. The SMILES string of the molecule is O=C(NCc1cccc(Br)c1)c1cnn(-c2ccccc2F)c1C(F)(F)F. The lowest BCUT2D eigenvalue weighted by Crippen LogP contribution is -2.26. The van der Waals surface area contributed by atoms with Crippen molar-refractivity contribution in [2.24, 2.45) is 0 Å². The molecule has 0 fully saturated rings. The van der Waals surface area contributed by atoms with Crippen molar-refractivity contribution >= 4 is 21.8 Å². The van der Waals surface area contributed by atoms with Crippen LogP contribution in [-0.4, -0.2) is 15.7 Å². The first-order valence-electron chi connectivity index (χ1n) is 7.70. The number of amides is 1. The van der Waals surface area contributed by atoms with Crippen molar-refractivity contribution in [3.05, 3.63) is 81.8 Å². The molecule has 0 radical (unpaired) electrons. The van der Waals surface area contributed by atoms with E-state index in [1.807, 2.05) is 0 Å². The van der Waals surface area contributed by atoms with Crippen LogP contribution >= 0.6 is 15.9 Å². The van der Waals surface area contributed by atoms with Crippen LogP contribution in [0.5, 0.6) is 0 Å². The minimum absolute atomic E-state index is 0.0282. The van der Waals surface area contributed by atoms with E-state index in [9.17, 15) is 22.4 Å². The number of para-hydroxylation sites is 1. The Hall–Kier alpha value is -2.68. The maximum Gasteiger partial charge on any atom is 0.434 e. The molecular formula is C18H12BrF4N3O. The van der Waals surface area contributed by atoms with Gasteiger partial charge in [0.2, 0.25) is 0 Å². The van der Waals surface area contributed by atoms with Crippen LogP contribution in [0, 0.1) is 5.82 Å². The second-order valence-electron chi connectivity index (χ2n) is 5.58. The van der Waals surface area contributed by atoms with Crippen molar-refractivity contribution in [3.8, 4) is 5.69 Å². The third kappa shape index (κ3) is 4.19. The van der Waals surface area contributed by atoms with Gasteiger partial charge in [-0.2, -0.15) is 18.3 Å². The summed E-state index contributed by atoms with van der Waals surface area (Å²) in [6.45, 7) is 0.0282. The quantitative estimate of drug-likeness (QED) is 0.595. The molecule has 0 saturated heterocycles. The Balaban J connectivity index is 1.93. The molecule has 2 aromatic carbocycles. The standard InChI is InChI=1S/C18H12BrF4N3O/c19-12-5-3-4-11(8-12)9-24-17(27)13-10-25-26(16(13)18(21,22)23)15-7-2-1-6-14(15)20/h1-8,10H,9H2,(H,24,27). The van der Waals surface area contributed by atoms with E-state index >= 15 is 0 Å². The fraction of sp³-hybridized carbons (Fsp3) is 0.111. The number of nitrogens with zero attached hydrogens (tertiary/aromatic N) is 2. The van der Waals surface area contributed by atoms with Gasteiger partial charge < -0.3 is 5.32 Å². The number of hydrogen-bond acceptors (Lipinski definition) is 2. The fourth-order valence-corrected chi connectivity index (χ4v) is 2.96. The number of halogens is 5. The fourth-order valence-electron chi connectivity index (χ4n) is 2.52. The van der Waals surface area contributed by atoms with Crippen LogP contribution in [0.1, 0.15) is 21.6 Å². The van der Waals surface area contributed by atoms with Crippen molar-refractivity contribution < 1.29 is 22.4 Å². The van der Waals surface area contributed by atoms with E-state index in [0.29, 0.717) is 10.2 Å². The van der Waals surface area contributed by atoms with Crippen molar-refractivity contribution in [1.82, 2.24) is 15.1 Å². The minimum Gasteiger partial charge on any atom is -0.348 e. The average molecular weight is 442 g/mol. The van der Waals surface area contributed by atoms with E-state index in [4.69, 9.17) is 0 Å². The second kappa shape index (κ2) is 7.51. The maximum atomic E-state index is 13.9. The molecule has 27 heavy (non-hydrogen) atoms. The van der Waals surface area contributed by atoms with Gasteiger partial charge in [0.15, 0.2) is 5.69 Å². The second-order valence-corrected chi connectivity index (χ2v) is 6.50. The lowest BCUT2D eigenvalue weighted by atomic mass is 10.2. The van der Waals surface area contributed by atoms with Gasteiger partial charge in [0.05, 0.1) is 11.8 Å². The van der Waals surface area contributed by atoms with Crippen LogP contribution in [0.25, 0.3) is 5.69 Å². The lowest BCUT2D eigenvalue weighted by molar-refractivity contribution is -0.143. The minimum atomic E-state index is -4.90. The lowest BCUT2D eigenvalue weighted by Gasteiger charge is -2.13. The molecule has 4 nitrogen and oxygen atoms in total. The van der Waals surface area contributed by atoms with Crippen LogP contribution in [0.2, 0.25) is 0 Å². The highest BCUT2D eigenvalue weighted by Crippen LogP contribution is 2.34. The molecular weight excluding hydrogens is 430 g/mol. The van der Waals surface area contributed by atoms with Crippen LogP contribution in [0.4, 0.5) is 17.6 Å². The van der Waals surface area contributed by atoms with E-state index < -0.39 is 34.8 Å². The molecule has 1 N–H and O–H groups in total. The molecule has 9 heteroatoms. The summed E-state index contributed by atoms with van der Waals surface area (Å²) in [5.74, 6) is -1.84. The molecule has 0 atom stereocenters. The van der Waals surface area contributed by atoms with E-state index in [0.717, 1.165) is 22.8 Å². The van der Waals surface area contributed by atoms with Crippen LogP contribution in [0.3, 0.4) is 0 Å². The molecule has 0 unspecified atom stereocenters. The smallest absolute Gasteiger partial charge is 0.348 e. The van der Waals surface area contributed by atoms with Gasteiger partial charge in [-0.3, -0.25) is 4.79 Å². The Bertz CT molecular complexity index is 985. The topological polar surface area (TPSA) is 46.9 Å². The summed E-state index contributed by atoms with van der Waals surface area (Å²) in [6, 6.07) is 11.9. The highest BCUT2D eigenvalue weighted by molar-refractivity contribution is 9.10. The van der Waals surface area contributed by atoms with E-state index in [1.54, 1.807) is 24.3 Å². The Kier molecular flexibility index (Phi) is 5.31. The monoisotopic (exact) mass is 441 g/mol. The first-order valence-corrected chi connectivity index (χ1v) is 8.49. The Labute approximate surface area is 159 Å². The van der Waals surface area contributed by atoms with Crippen molar-refractivity contribution in [3.63, 3.8) is 0 Å². The zero-order valence-electron chi connectivity index (χ0n) is 13.6. The molecule has 0 bridgehead atoms. The van der Waals surface area contributed by atoms with Gasteiger partial charge in [0, 0.05) is 11.0 Å². The first kappa shape index (κ1) is 19.1. The van der Waals surface area contributed by atoms with Gasteiger partial charge in [0.1, 0.15) is 11.5 Å². The Morgan fingerprint density at radius 2 is 1.89 bits per heavy atom. The molecule has 0 spiro atoms. The number of hydrogen-bond donors (Lipinski definition) is 1. The normalized spacial score (nSPS) is 11.4. The zero-order chi connectivity index (χ0) is 19.6. The molecule has 1 amide bonds. The molecule has 3 aromatic rings. The summed E-state index contributed by atoms with van der Waals surface area (Å²) < 4.78 is 55.8. The molecule has 0 aliphatic rings. The summed E-state index contributed by atoms with van der Waals surface area (Å²) >= 11 is 3.28. The third-order valence-electron chi connectivity index (χ3n) is 3.71. The number of aromatic nitrogens is 2. The number of nitrogens with one attached hydrogen (secondary N) is 1. The molecule has 3 rings (SSSR count). The van der Waals surface area contributed by atoms with Gasteiger partial charge in [-0.05, 0) is 29.8 Å². The van der Waals surface area contributed by atoms with Gasteiger partial charge in [-0.25, -0.2) is 9.07 Å². The largest absolute Gasteiger partial charge is 0.434 e. The molecule has 1 heterocycles. The predicted molar refractivity (Wildman–Crippen MR) is 93.8 cm³/mol. The Morgan fingerprint density at radius 3 is 2.56 bits per heavy atom. The third-order valence-corrected chi connectivity index (χ3v) is 4.20. The van der Waals surface area contributed by atoms with Gasteiger partial charge in [0.25, 0.3) is 5.91 Å². The maximum absolute atomic E-state index is 13.9. The van der Waals surface area contributed by atoms with Crippen molar-refractivity contribution in [2.45, 2.75) is 12.7 Å². The molecule has 140 valence electrons. The summed E-state index contributed by atoms with van der Waals surface area (Å²) in [6.07, 6.45) is -4.12. The molecule has 0 aliphatic heterocycles. The summed E-state index contributed by atoms with van der Waals surface area (Å²) in [7, 11) is 0. The highest BCUT2D eigenvalue weighted by Gasteiger charge is 2.40. The van der Waals surface area contributed by atoms with E-state index in [1.165, 1.54) is 12.1 Å². The first-order chi connectivity index (χ1) is 12.8. The molecule has 0 saturated carbocycles.